The number of carbonyl (C=O) groups excluding carboxylic acids is 7. The first kappa shape index (κ1) is 74.9. The summed E-state index contributed by atoms with van der Waals surface area (Å²) in [6.07, 6.45) is 8.17. The summed E-state index contributed by atoms with van der Waals surface area (Å²) in [5, 5.41) is 43.4. The highest BCUT2D eigenvalue weighted by Gasteiger charge is 2.74. The largest absolute Gasteiger partial charge is 0.476 e. The maximum absolute atomic E-state index is 14.0. The third-order valence-corrected chi connectivity index (χ3v) is 22.4. The minimum Gasteiger partial charge on any atom is -0.476 e. The number of ether oxygens (including phenoxy) is 2. The van der Waals surface area contributed by atoms with E-state index in [4.69, 9.17) is 25.3 Å². The fraction of sp³-hybridized carbons (Fsp3) is 0.446. The lowest BCUT2D eigenvalue weighted by atomic mass is 9.65. The summed E-state index contributed by atoms with van der Waals surface area (Å²) < 4.78 is 15.8. The number of carboxylic acids is 1. The number of hydrogen-bond acceptors (Lipinski definition) is 19. The molecule has 7 aromatic rings. The van der Waals surface area contributed by atoms with E-state index in [-0.39, 0.29) is 117 Å². The number of hydrogen-bond donors (Lipinski definition) is 11. The Hall–Kier alpha value is -9.28. The smallest absolute Gasteiger partial charge is 0.410 e. The second-order valence-electron chi connectivity index (χ2n) is 28.8. The molecule has 4 fully saturated rings. The molecule has 103 heavy (non-hydrogen) atoms. The number of para-hydroxylation sites is 1. The lowest BCUT2D eigenvalue weighted by Crippen LogP contribution is -2.54. The van der Waals surface area contributed by atoms with Crippen molar-refractivity contribution in [3.63, 3.8) is 0 Å². The minimum absolute atomic E-state index is 0.0136. The van der Waals surface area contributed by atoms with Gasteiger partial charge < -0.3 is 56.9 Å². The Bertz CT molecular complexity index is 4340. The number of amides is 8. The Balaban J connectivity index is 0.703. The predicted octanol–water partition coefficient (Wildman–Crippen LogP) is 9.50. The van der Waals surface area contributed by atoms with Gasteiger partial charge in [-0.2, -0.15) is 19.8 Å². The van der Waals surface area contributed by atoms with Gasteiger partial charge in [-0.25, -0.2) is 24.4 Å². The Labute approximate surface area is 600 Å². The van der Waals surface area contributed by atoms with E-state index in [1.54, 1.807) is 56.4 Å². The van der Waals surface area contributed by atoms with Gasteiger partial charge in [0.05, 0.1) is 34.3 Å². The molecule has 27 nitrogen and oxygen atoms in total. The number of nitrogens with one attached hydrogen (secondary N) is 5. The van der Waals surface area contributed by atoms with Gasteiger partial charge in [-0.1, -0.05) is 100 Å². The van der Waals surface area contributed by atoms with Crippen LogP contribution in [0.25, 0.3) is 43.4 Å². The molecule has 12 rings (SSSR count). The molecule has 546 valence electrons. The van der Waals surface area contributed by atoms with Gasteiger partial charge in [0.1, 0.15) is 24.9 Å². The number of imide groups is 1. The number of unbranched alkanes of at least 4 members (excludes halogenated alkanes) is 2. The van der Waals surface area contributed by atoms with Gasteiger partial charge in [0.25, 0.3) is 11.8 Å². The summed E-state index contributed by atoms with van der Waals surface area (Å²) in [6.45, 7) is 11.0. The van der Waals surface area contributed by atoms with Gasteiger partial charge in [-0.05, 0) is 146 Å². The molecule has 3 aromatic heterocycles. The normalized spacial score (nSPS) is 20.5. The molecule has 5 unspecified atom stereocenters. The van der Waals surface area contributed by atoms with Crippen LogP contribution < -0.4 is 32.3 Å². The van der Waals surface area contributed by atoms with Crippen molar-refractivity contribution in [3.8, 4) is 22.4 Å². The molecule has 7 atom stereocenters. The van der Waals surface area contributed by atoms with Crippen molar-refractivity contribution in [2.75, 3.05) is 49.6 Å². The summed E-state index contributed by atoms with van der Waals surface area (Å²) in [5.41, 5.74) is 9.42. The van der Waals surface area contributed by atoms with Gasteiger partial charge in [0, 0.05) is 91.4 Å². The van der Waals surface area contributed by atoms with Gasteiger partial charge in [0.2, 0.25) is 17.7 Å². The monoisotopic (exact) mass is 1450 g/mol. The van der Waals surface area contributed by atoms with E-state index in [0.29, 0.717) is 76.6 Å². The van der Waals surface area contributed by atoms with E-state index in [1.165, 1.54) is 28.4 Å². The third-order valence-electron chi connectivity index (χ3n) is 20.5. The highest BCUT2D eigenvalue weighted by Crippen LogP contribution is 2.78. The zero-order valence-corrected chi connectivity index (χ0v) is 60.1. The van der Waals surface area contributed by atoms with Crippen molar-refractivity contribution in [2.45, 2.75) is 149 Å². The summed E-state index contributed by atoms with van der Waals surface area (Å²) in [4.78, 5) is 145. The van der Waals surface area contributed by atoms with Crippen LogP contribution in [-0.4, -0.2) is 159 Å². The Morgan fingerprint density at radius 3 is 2.30 bits per heavy atom. The second-order valence-corrected chi connectivity index (χ2v) is 31.7. The zero-order valence-electron chi connectivity index (χ0n) is 58.4. The molecule has 29 heteroatoms. The fourth-order valence-electron chi connectivity index (χ4n) is 16.1. The van der Waals surface area contributed by atoms with Crippen molar-refractivity contribution in [1.82, 2.24) is 45.5 Å². The van der Waals surface area contributed by atoms with Crippen molar-refractivity contribution in [3.05, 3.63) is 138 Å². The molecule has 0 saturated heterocycles. The number of thiazole rings is 1. The van der Waals surface area contributed by atoms with E-state index in [2.05, 4.69) is 45.4 Å². The second kappa shape index (κ2) is 31.4. The number of nitrogens with zero attached hydrogens (tertiary/aromatic N) is 6. The maximum atomic E-state index is 14.0. The lowest BCUT2D eigenvalue weighted by Gasteiger charge is -2.46. The highest BCUT2D eigenvalue weighted by molar-refractivity contribution is 7.58. The van der Waals surface area contributed by atoms with Gasteiger partial charge >= 0.3 is 26.0 Å². The number of primary amides is 1. The number of aliphatic hydroxyl groups excluding tert-OH is 1. The van der Waals surface area contributed by atoms with Crippen molar-refractivity contribution >= 4 is 98.7 Å². The SMILES string of the molecule is Cc1c(-c2ccc(-c3ccc4cccc(C(O)Nc5nc6ccccc6s5)c4c3)nc2C(=O)O)cnn1CC12CC3(C)CC(OCCN(CCC[P+](O)(O)O)C(=O)OCc4ccc(NC(=O)[C@H](CCCNC(N)=O)NC(=O)[C@@H](NC(=O)CCCCCN5C(=O)C=CC5=O)C(C)C)cc4)(CC1(C)C3)C2. The Morgan fingerprint density at radius 2 is 1.57 bits per heavy atom. The topological polar surface area (TPSA) is 392 Å². The summed E-state index contributed by atoms with van der Waals surface area (Å²) in [7, 11) is -4.16. The molecule has 8 amide bonds. The molecule has 5 aliphatic rings. The number of benzene rings is 4. The van der Waals surface area contributed by atoms with Crippen LogP contribution in [-0.2, 0) is 46.6 Å². The molecule has 0 spiro atoms. The number of fused-ring (bicyclic) bond motifs is 2. The highest BCUT2D eigenvalue weighted by atomic mass is 32.1. The number of aliphatic hydroxyl groups is 1. The van der Waals surface area contributed by atoms with Gasteiger partial charge in [-0.15, -0.1) is 0 Å². The summed E-state index contributed by atoms with van der Waals surface area (Å²) in [5.74, 6) is -3.89. The molecule has 4 aliphatic carbocycles. The molecule has 4 saturated carbocycles. The molecular weight excluding hydrogens is 1360 g/mol. The van der Waals surface area contributed by atoms with Crippen LogP contribution in [0, 0.1) is 29.1 Å². The van der Waals surface area contributed by atoms with E-state index in [0.717, 1.165) is 57.3 Å². The van der Waals surface area contributed by atoms with Crippen LogP contribution in [0.5, 0.6) is 0 Å². The van der Waals surface area contributed by atoms with Crippen LogP contribution in [0.1, 0.15) is 138 Å². The number of carboxylic acid groups (broad SMARTS) is 1. The van der Waals surface area contributed by atoms with Crippen LogP contribution >= 0.6 is 19.3 Å². The predicted molar refractivity (Wildman–Crippen MR) is 388 cm³/mol. The van der Waals surface area contributed by atoms with E-state index in [1.807, 2.05) is 72.3 Å². The molecule has 1 aliphatic heterocycles. The summed E-state index contributed by atoms with van der Waals surface area (Å²) >= 11 is 1.44. The molecule has 4 aromatic carbocycles. The van der Waals surface area contributed by atoms with Crippen molar-refractivity contribution in [2.24, 2.45) is 27.9 Å². The summed E-state index contributed by atoms with van der Waals surface area (Å²) in [6, 6.07) is 26.3. The number of urea groups is 1. The molecular formula is C74H90N12O15PS+. The first-order valence-electron chi connectivity index (χ1n) is 34.8. The first-order chi connectivity index (χ1) is 49.0. The van der Waals surface area contributed by atoms with Crippen LogP contribution in [0.2, 0.25) is 0 Å². The number of anilines is 2. The Morgan fingerprint density at radius 1 is 0.806 bits per heavy atom. The van der Waals surface area contributed by atoms with Gasteiger partial charge in [-0.3, -0.25) is 33.6 Å². The maximum Gasteiger partial charge on any atom is 0.410 e. The third kappa shape index (κ3) is 17.7. The first-order valence-corrected chi connectivity index (χ1v) is 37.4. The van der Waals surface area contributed by atoms with Gasteiger partial charge in [0.15, 0.2) is 17.1 Å². The fourth-order valence-corrected chi connectivity index (χ4v) is 17.6. The van der Waals surface area contributed by atoms with E-state index >= 15 is 0 Å². The number of aromatic nitrogens is 4. The number of rotatable bonds is 34. The number of nitrogens with two attached hydrogens (primary N) is 1. The van der Waals surface area contributed by atoms with Crippen molar-refractivity contribution in [1.29, 1.82) is 0 Å². The molecule has 4 heterocycles. The van der Waals surface area contributed by atoms with Crippen molar-refractivity contribution < 1.29 is 72.7 Å². The van der Waals surface area contributed by atoms with Crippen LogP contribution in [0.3, 0.4) is 0 Å². The van der Waals surface area contributed by atoms with Crippen LogP contribution in [0.15, 0.2) is 115 Å². The standard InChI is InChI=1S/C74H89N12O15PS/c1-45(2)62(82-59(87)19-7-6-10-32-85-60(88)28-29-61(85)89)66(92)80-57(17-12-30-76-68(75)95)65(91)78-50-24-20-47(21-25-50)38-100-70(96)84(31-13-35-102(97,98)99)33-34-101-74-41-71(4)39-72(5,42-74)73(40-71,43-74)44-86-46(3)54(37-77-86)51-26-27-55(79-63(51)67(93)94)49-23-22-48-14-11-15-52(53(48)36-49)64(90)83-69-81-56-16-8-9-18-58(56)103-69/h8-9,11,14-16,18,20-29,36-37,45,57,62,64,90,97-99H,6-7,10,12-13,17,19,30-35,38-44H2,1-5H3,(H7-,75,76,78,80,81,82,83,87,91,92,93,94,95)/p+1/t57-,62-,64?,71?,72?,73?,74?/m0/s1. The zero-order chi connectivity index (χ0) is 73.6. The lowest BCUT2D eigenvalue weighted by molar-refractivity contribution is -0.137. The van der Waals surface area contributed by atoms with Crippen LogP contribution in [0.4, 0.5) is 20.4 Å². The average Bonchev–Trinajstić information content (AvgIpc) is 1.50. The Kier molecular flexibility index (Phi) is 22.8. The average molecular weight is 1450 g/mol. The minimum atomic E-state index is -4.16. The quantitative estimate of drug-likeness (QED) is 0.00773. The molecule has 4 bridgehead atoms. The number of pyridine rings is 1. The number of carbonyl (C=O) groups is 8. The van der Waals surface area contributed by atoms with E-state index in [9.17, 15) is 63.2 Å². The number of aromatic carboxylic acids is 1. The van der Waals surface area contributed by atoms with E-state index < -0.39 is 61.8 Å². The molecule has 0 radical (unpaired) electrons. The molecule has 12 N–H and O–H groups in total.